The van der Waals surface area contributed by atoms with Crippen molar-refractivity contribution < 1.29 is 13.2 Å². The van der Waals surface area contributed by atoms with Crippen LogP contribution in [0.5, 0.6) is 0 Å². The van der Waals surface area contributed by atoms with E-state index in [1.807, 2.05) is 0 Å². The van der Waals surface area contributed by atoms with Gasteiger partial charge in [-0.1, -0.05) is 50.3 Å². The number of alkyl halides is 1. The molecule has 13 heavy (non-hydrogen) atoms. The van der Waals surface area contributed by atoms with E-state index in [0.29, 0.717) is 0 Å². The number of carbonyl (C=O) groups is 1. The number of halogens is 1. The molecule has 0 amide bonds. The zero-order valence-electron chi connectivity index (χ0n) is 8.30. The van der Waals surface area contributed by atoms with Gasteiger partial charge in [0.2, 0.25) is 0 Å². The Morgan fingerprint density at radius 2 is 1.77 bits per heavy atom. The lowest BCUT2D eigenvalue weighted by Crippen LogP contribution is -2.34. The molecule has 0 heterocycles. The van der Waals surface area contributed by atoms with Crippen molar-refractivity contribution in [2.45, 2.75) is 31.0 Å². The lowest BCUT2D eigenvalue weighted by atomic mass is 9.92. The molecule has 0 aliphatic heterocycles. The molecule has 0 aromatic heterocycles. The fraction of sp³-hybridized carbons (Fsp3) is 0.875. The molecule has 78 valence electrons. The summed E-state index contributed by atoms with van der Waals surface area (Å²) in [4.78, 5) is 11.6. The molecule has 0 radical (unpaired) electrons. The predicted molar refractivity (Wildman–Crippen MR) is 61.7 cm³/mol. The maximum absolute atomic E-state index is 11.6. The molecule has 1 atom stereocenters. The SMILES string of the molecule is CCS(=O)(=O)[C@@H](I)C(=O)C(C)(C)C. The summed E-state index contributed by atoms with van der Waals surface area (Å²) in [6, 6.07) is 0. The summed E-state index contributed by atoms with van der Waals surface area (Å²) in [7, 11) is -3.24. The van der Waals surface area contributed by atoms with Crippen molar-refractivity contribution in [1.29, 1.82) is 0 Å². The van der Waals surface area contributed by atoms with Gasteiger partial charge in [0.05, 0.1) is 0 Å². The fourth-order valence-corrected chi connectivity index (χ4v) is 3.64. The van der Waals surface area contributed by atoms with Crippen molar-refractivity contribution in [1.82, 2.24) is 0 Å². The highest BCUT2D eigenvalue weighted by Gasteiger charge is 2.35. The molecule has 0 aliphatic rings. The summed E-state index contributed by atoms with van der Waals surface area (Å²) in [6.45, 7) is 6.74. The second-order valence-electron chi connectivity index (χ2n) is 3.88. The fourth-order valence-electron chi connectivity index (χ4n) is 0.650. The van der Waals surface area contributed by atoms with Gasteiger partial charge in [-0.25, -0.2) is 8.42 Å². The maximum atomic E-state index is 11.6. The van der Waals surface area contributed by atoms with Crippen LogP contribution in [0.3, 0.4) is 0 Å². The van der Waals surface area contributed by atoms with Crippen LogP contribution >= 0.6 is 22.6 Å². The van der Waals surface area contributed by atoms with Crippen molar-refractivity contribution in [2.24, 2.45) is 5.41 Å². The second-order valence-corrected chi connectivity index (χ2v) is 8.35. The third-order valence-electron chi connectivity index (χ3n) is 1.66. The summed E-state index contributed by atoms with van der Waals surface area (Å²) < 4.78 is 21.8. The Kier molecular flexibility index (Phi) is 4.36. The topological polar surface area (TPSA) is 51.2 Å². The summed E-state index contributed by atoms with van der Waals surface area (Å²) in [5.41, 5.74) is -0.589. The molecule has 0 N–H and O–H groups in total. The highest BCUT2D eigenvalue weighted by molar-refractivity contribution is 14.1. The van der Waals surface area contributed by atoms with E-state index in [2.05, 4.69) is 0 Å². The third kappa shape index (κ3) is 3.53. The monoisotopic (exact) mass is 318 g/mol. The highest BCUT2D eigenvalue weighted by atomic mass is 127. The number of sulfone groups is 1. The van der Waals surface area contributed by atoms with Crippen LogP contribution in [0.1, 0.15) is 27.7 Å². The summed E-state index contributed by atoms with van der Waals surface area (Å²) in [5, 5.41) is 0. The Morgan fingerprint density at radius 1 is 1.38 bits per heavy atom. The molecule has 0 spiro atoms. The highest BCUT2D eigenvalue weighted by Crippen LogP contribution is 2.24. The first-order valence-corrected chi connectivity index (χ1v) is 6.99. The van der Waals surface area contributed by atoms with Crippen LogP contribution < -0.4 is 0 Å². The smallest absolute Gasteiger partial charge is 0.171 e. The van der Waals surface area contributed by atoms with Crippen LogP contribution in [0.15, 0.2) is 0 Å². The van der Waals surface area contributed by atoms with Gasteiger partial charge >= 0.3 is 0 Å². The average Bonchev–Trinajstić information content (AvgIpc) is 2.00. The number of Topliss-reactive ketones (excluding diaryl/α,β-unsaturated/α-hetero) is 1. The van der Waals surface area contributed by atoms with Gasteiger partial charge in [0.25, 0.3) is 0 Å². The van der Waals surface area contributed by atoms with Gasteiger partial charge in [-0.2, -0.15) is 0 Å². The Labute approximate surface area is 93.3 Å². The van der Waals surface area contributed by atoms with Crippen molar-refractivity contribution in [3.63, 3.8) is 0 Å². The molecule has 0 aromatic carbocycles. The zero-order valence-corrected chi connectivity index (χ0v) is 11.3. The van der Waals surface area contributed by atoms with E-state index in [1.165, 1.54) is 0 Å². The molecule has 0 saturated heterocycles. The van der Waals surface area contributed by atoms with Crippen molar-refractivity contribution in [3.05, 3.63) is 0 Å². The van der Waals surface area contributed by atoms with E-state index >= 15 is 0 Å². The molecule has 0 saturated carbocycles. The number of ketones is 1. The van der Waals surface area contributed by atoms with Gasteiger partial charge in [0.1, 0.15) is 0 Å². The van der Waals surface area contributed by atoms with Crippen LogP contribution in [0, 0.1) is 5.41 Å². The minimum absolute atomic E-state index is 0.0163. The maximum Gasteiger partial charge on any atom is 0.171 e. The molecular formula is C8H15IO3S. The Hall–Kier alpha value is 0.350. The van der Waals surface area contributed by atoms with Crippen LogP contribution in [-0.2, 0) is 14.6 Å². The number of rotatable bonds is 3. The van der Waals surface area contributed by atoms with E-state index in [9.17, 15) is 13.2 Å². The quantitative estimate of drug-likeness (QED) is 0.589. The third-order valence-corrected chi connectivity index (χ3v) is 6.20. The van der Waals surface area contributed by atoms with E-state index in [4.69, 9.17) is 0 Å². The van der Waals surface area contributed by atoms with Crippen molar-refractivity contribution in [3.8, 4) is 0 Å². The van der Waals surface area contributed by atoms with E-state index < -0.39 is 18.5 Å². The molecular weight excluding hydrogens is 303 g/mol. The molecule has 5 heteroatoms. The first-order chi connectivity index (χ1) is 5.63. The van der Waals surface area contributed by atoms with Gasteiger partial charge < -0.3 is 0 Å². The Bertz CT molecular complexity index is 287. The van der Waals surface area contributed by atoms with Gasteiger partial charge in [0, 0.05) is 11.2 Å². The van der Waals surface area contributed by atoms with Gasteiger partial charge in [-0.15, -0.1) is 0 Å². The van der Waals surface area contributed by atoms with Gasteiger partial charge in [-0.05, 0) is 0 Å². The van der Waals surface area contributed by atoms with Crippen molar-refractivity contribution >= 4 is 38.2 Å². The predicted octanol–water partition coefficient (Wildman–Crippen LogP) is 1.80. The van der Waals surface area contributed by atoms with Gasteiger partial charge in [0.15, 0.2) is 18.9 Å². The van der Waals surface area contributed by atoms with Crippen LogP contribution in [-0.4, -0.2) is 23.2 Å². The number of hydrogen-bond donors (Lipinski definition) is 0. The Morgan fingerprint density at radius 3 is 2.00 bits per heavy atom. The van der Waals surface area contributed by atoms with E-state index in [1.54, 1.807) is 50.3 Å². The lowest BCUT2D eigenvalue weighted by molar-refractivity contribution is -0.124. The Balaban J connectivity index is 4.84. The standard InChI is InChI=1S/C8H15IO3S/c1-5-13(11,12)7(9)6(10)8(2,3)4/h7H,5H2,1-4H3/t7-/m1/s1. The summed E-state index contributed by atoms with van der Waals surface area (Å²) in [6.07, 6.45) is 0. The van der Waals surface area contributed by atoms with Gasteiger partial charge in [-0.3, -0.25) is 4.79 Å². The molecule has 3 nitrogen and oxygen atoms in total. The second kappa shape index (κ2) is 4.25. The van der Waals surface area contributed by atoms with Crippen LogP contribution in [0.2, 0.25) is 0 Å². The van der Waals surface area contributed by atoms with Crippen molar-refractivity contribution in [2.75, 3.05) is 5.75 Å². The average molecular weight is 318 g/mol. The summed E-state index contributed by atoms with van der Waals surface area (Å²) >= 11 is 1.70. The first-order valence-electron chi connectivity index (χ1n) is 4.03. The normalized spacial score (nSPS) is 15.5. The number of hydrogen-bond acceptors (Lipinski definition) is 3. The molecule has 0 aromatic rings. The minimum Gasteiger partial charge on any atom is -0.297 e. The molecule has 0 aliphatic carbocycles. The molecule has 0 rings (SSSR count). The zero-order chi connectivity index (χ0) is 10.9. The minimum atomic E-state index is -3.24. The largest absolute Gasteiger partial charge is 0.297 e. The molecule has 0 unspecified atom stereocenters. The lowest BCUT2D eigenvalue weighted by Gasteiger charge is -2.20. The summed E-state index contributed by atoms with van der Waals surface area (Å²) in [5.74, 6) is -0.211. The van der Waals surface area contributed by atoms with E-state index in [0.717, 1.165) is 0 Å². The molecule has 0 bridgehead atoms. The number of carbonyl (C=O) groups excluding carboxylic acids is 1. The first kappa shape index (κ1) is 13.4. The van der Waals surface area contributed by atoms with E-state index in [-0.39, 0.29) is 11.5 Å². The molecule has 0 fully saturated rings. The van der Waals surface area contributed by atoms with Crippen LogP contribution in [0.25, 0.3) is 0 Å². The van der Waals surface area contributed by atoms with Crippen LogP contribution in [0.4, 0.5) is 0 Å².